The normalized spacial score (nSPS) is 21.3. The van der Waals surface area contributed by atoms with Crippen LogP contribution in [-0.2, 0) is 11.3 Å². The van der Waals surface area contributed by atoms with Gasteiger partial charge in [-0.15, -0.1) is 5.10 Å². The summed E-state index contributed by atoms with van der Waals surface area (Å²) in [5.41, 5.74) is 0.922. The molecule has 0 radical (unpaired) electrons. The highest BCUT2D eigenvalue weighted by molar-refractivity contribution is 7.10. The molecule has 1 aliphatic heterocycles. The van der Waals surface area contributed by atoms with E-state index in [0.29, 0.717) is 13.1 Å². The van der Waals surface area contributed by atoms with Crippen LogP contribution in [0.25, 0.3) is 0 Å². The van der Waals surface area contributed by atoms with Gasteiger partial charge in [0, 0.05) is 38.2 Å². The van der Waals surface area contributed by atoms with Gasteiger partial charge in [-0.25, -0.2) is 0 Å². The van der Waals surface area contributed by atoms with Gasteiger partial charge in [0.1, 0.15) is 10.7 Å². The summed E-state index contributed by atoms with van der Waals surface area (Å²) in [7, 11) is 1.86. The molecule has 1 amide bonds. The standard InChI is InChI=1S/C10H17N5OS/c1-3-8-9(16)12-4-5-15(8)6-7-10(11-2)17-14-13-7/h8,11H,3-6H2,1-2H3,(H,12,16). The number of carbonyl (C=O) groups excluding carboxylic acids is 1. The fourth-order valence-corrected chi connectivity index (χ4v) is 2.61. The number of piperazine rings is 1. The van der Waals surface area contributed by atoms with Crippen LogP contribution in [0.1, 0.15) is 19.0 Å². The van der Waals surface area contributed by atoms with Crippen LogP contribution >= 0.6 is 11.5 Å². The lowest BCUT2D eigenvalue weighted by molar-refractivity contribution is -0.129. The summed E-state index contributed by atoms with van der Waals surface area (Å²) in [6.45, 7) is 4.28. The second-order valence-electron chi connectivity index (χ2n) is 3.98. The quantitative estimate of drug-likeness (QED) is 0.809. The zero-order valence-electron chi connectivity index (χ0n) is 10.1. The molecular weight excluding hydrogens is 238 g/mol. The van der Waals surface area contributed by atoms with Gasteiger partial charge in [-0.3, -0.25) is 9.69 Å². The molecule has 17 heavy (non-hydrogen) atoms. The summed E-state index contributed by atoms with van der Waals surface area (Å²) in [6.07, 6.45) is 0.818. The minimum absolute atomic E-state index is 0.0462. The van der Waals surface area contributed by atoms with Gasteiger partial charge in [0.2, 0.25) is 5.91 Å². The number of amides is 1. The molecular formula is C10H17N5OS. The Bertz CT molecular complexity index is 394. The number of nitrogens with zero attached hydrogens (tertiary/aromatic N) is 3. The van der Waals surface area contributed by atoms with Crippen LogP contribution in [0.4, 0.5) is 5.00 Å². The molecule has 0 aromatic carbocycles. The third-order valence-electron chi connectivity index (χ3n) is 2.96. The highest BCUT2D eigenvalue weighted by atomic mass is 32.1. The zero-order valence-corrected chi connectivity index (χ0v) is 10.9. The van der Waals surface area contributed by atoms with Crippen molar-refractivity contribution >= 4 is 22.4 Å². The summed E-state index contributed by atoms with van der Waals surface area (Å²) in [4.78, 5) is 13.9. The van der Waals surface area contributed by atoms with Crippen LogP contribution in [0, 0.1) is 0 Å². The first-order chi connectivity index (χ1) is 8.26. The van der Waals surface area contributed by atoms with E-state index in [4.69, 9.17) is 0 Å². The molecule has 2 heterocycles. The van der Waals surface area contributed by atoms with Gasteiger partial charge in [0.15, 0.2) is 0 Å². The SMILES string of the molecule is CCC1C(=O)NCCN1Cc1nnsc1NC. The summed E-state index contributed by atoms with van der Waals surface area (Å²) in [6, 6.07) is -0.0462. The molecule has 94 valence electrons. The highest BCUT2D eigenvalue weighted by Crippen LogP contribution is 2.20. The molecule has 1 aromatic rings. The fraction of sp³-hybridized carbons (Fsp3) is 0.700. The monoisotopic (exact) mass is 255 g/mol. The van der Waals surface area contributed by atoms with E-state index in [1.165, 1.54) is 11.5 Å². The molecule has 0 bridgehead atoms. The Labute approximate surface area is 105 Å². The first-order valence-corrected chi connectivity index (χ1v) is 6.54. The van der Waals surface area contributed by atoms with Crippen LogP contribution in [-0.4, -0.2) is 46.6 Å². The number of rotatable bonds is 4. The van der Waals surface area contributed by atoms with Gasteiger partial charge in [0.05, 0.1) is 6.04 Å². The average Bonchev–Trinajstić information content (AvgIpc) is 2.77. The second kappa shape index (κ2) is 5.42. The van der Waals surface area contributed by atoms with Crippen LogP contribution in [0.2, 0.25) is 0 Å². The van der Waals surface area contributed by atoms with E-state index in [-0.39, 0.29) is 11.9 Å². The smallest absolute Gasteiger partial charge is 0.237 e. The van der Waals surface area contributed by atoms with Crippen molar-refractivity contribution in [2.24, 2.45) is 0 Å². The fourth-order valence-electron chi connectivity index (χ4n) is 2.09. The van der Waals surface area contributed by atoms with E-state index in [1.807, 2.05) is 14.0 Å². The number of hydrogen-bond donors (Lipinski definition) is 2. The Hall–Kier alpha value is -1.21. The molecule has 6 nitrogen and oxygen atoms in total. The van der Waals surface area contributed by atoms with E-state index in [9.17, 15) is 4.79 Å². The van der Waals surface area contributed by atoms with Gasteiger partial charge in [-0.05, 0) is 6.42 Å². The predicted molar refractivity (Wildman–Crippen MR) is 67.0 cm³/mol. The lowest BCUT2D eigenvalue weighted by atomic mass is 10.1. The molecule has 0 spiro atoms. The Balaban J connectivity index is 2.09. The maximum absolute atomic E-state index is 11.7. The van der Waals surface area contributed by atoms with Crippen LogP contribution in [0.15, 0.2) is 0 Å². The molecule has 1 aromatic heterocycles. The Morgan fingerprint density at radius 2 is 2.47 bits per heavy atom. The topological polar surface area (TPSA) is 70.2 Å². The van der Waals surface area contributed by atoms with E-state index < -0.39 is 0 Å². The molecule has 2 N–H and O–H groups in total. The van der Waals surface area contributed by atoms with Gasteiger partial charge in [-0.2, -0.15) is 0 Å². The number of aromatic nitrogens is 2. The van der Waals surface area contributed by atoms with Crippen molar-refractivity contribution in [2.45, 2.75) is 25.9 Å². The number of anilines is 1. The second-order valence-corrected chi connectivity index (χ2v) is 4.74. The number of hydrogen-bond acceptors (Lipinski definition) is 6. The summed E-state index contributed by atoms with van der Waals surface area (Å²) < 4.78 is 3.93. The van der Waals surface area contributed by atoms with Crippen molar-refractivity contribution in [2.75, 3.05) is 25.5 Å². The maximum Gasteiger partial charge on any atom is 0.237 e. The molecule has 0 aliphatic carbocycles. The van der Waals surface area contributed by atoms with Crippen molar-refractivity contribution in [1.82, 2.24) is 19.8 Å². The van der Waals surface area contributed by atoms with Crippen molar-refractivity contribution in [3.63, 3.8) is 0 Å². The minimum atomic E-state index is -0.0462. The van der Waals surface area contributed by atoms with Gasteiger partial charge < -0.3 is 10.6 Å². The van der Waals surface area contributed by atoms with E-state index in [0.717, 1.165) is 23.7 Å². The molecule has 2 rings (SSSR count). The maximum atomic E-state index is 11.7. The van der Waals surface area contributed by atoms with Crippen molar-refractivity contribution in [3.05, 3.63) is 5.69 Å². The third kappa shape index (κ3) is 2.55. The van der Waals surface area contributed by atoms with Crippen LogP contribution in [0.3, 0.4) is 0 Å². The summed E-state index contributed by atoms with van der Waals surface area (Å²) >= 11 is 1.35. The van der Waals surface area contributed by atoms with E-state index in [1.54, 1.807) is 0 Å². The first kappa shape index (κ1) is 12.3. The minimum Gasteiger partial charge on any atom is -0.377 e. The van der Waals surface area contributed by atoms with Crippen LogP contribution < -0.4 is 10.6 Å². The lowest BCUT2D eigenvalue weighted by Gasteiger charge is -2.33. The number of nitrogens with one attached hydrogen (secondary N) is 2. The molecule has 1 saturated heterocycles. The lowest BCUT2D eigenvalue weighted by Crippen LogP contribution is -2.54. The highest BCUT2D eigenvalue weighted by Gasteiger charge is 2.28. The predicted octanol–water partition coefficient (Wildman–Crippen LogP) is 0.290. The third-order valence-corrected chi connectivity index (χ3v) is 3.75. The number of carbonyl (C=O) groups is 1. The van der Waals surface area contributed by atoms with Crippen LogP contribution in [0.5, 0.6) is 0 Å². The Morgan fingerprint density at radius 1 is 1.65 bits per heavy atom. The Kier molecular flexibility index (Phi) is 3.90. The van der Waals surface area contributed by atoms with Gasteiger partial charge >= 0.3 is 0 Å². The molecule has 1 unspecified atom stereocenters. The summed E-state index contributed by atoms with van der Waals surface area (Å²) in [5.74, 6) is 0.118. The van der Waals surface area contributed by atoms with E-state index in [2.05, 4.69) is 25.1 Å². The summed E-state index contributed by atoms with van der Waals surface area (Å²) in [5, 5.41) is 11.1. The van der Waals surface area contributed by atoms with Crippen molar-refractivity contribution in [1.29, 1.82) is 0 Å². The first-order valence-electron chi connectivity index (χ1n) is 5.77. The molecule has 1 fully saturated rings. The zero-order chi connectivity index (χ0) is 12.3. The van der Waals surface area contributed by atoms with Gasteiger partial charge in [0.25, 0.3) is 0 Å². The van der Waals surface area contributed by atoms with E-state index >= 15 is 0 Å². The molecule has 1 aliphatic rings. The van der Waals surface area contributed by atoms with Crippen molar-refractivity contribution < 1.29 is 4.79 Å². The molecule has 7 heteroatoms. The molecule has 0 saturated carbocycles. The molecule has 1 atom stereocenters. The van der Waals surface area contributed by atoms with Gasteiger partial charge in [-0.1, -0.05) is 11.4 Å². The largest absolute Gasteiger partial charge is 0.377 e. The average molecular weight is 255 g/mol. The van der Waals surface area contributed by atoms with Crippen molar-refractivity contribution in [3.8, 4) is 0 Å². The Morgan fingerprint density at radius 3 is 3.18 bits per heavy atom.